The van der Waals surface area contributed by atoms with Gasteiger partial charge in [-0.05, 0) is 17.7 Å². The first-order valence-electron chi connectivity index (χ1n) is 11.4. The molecule has 1 aliphatic heterocycles. The number of hydrogen-bond acceptors (Lipinski definition) is 9. The average Bonchev–Trinajstić information content (AvgIpc) is 3.37. The third-order valence-electron chi connectivity index (χ3n) is 5.39. The molecule has 11 nitrogen and oxygen atoms in total. The highest BCUT2D eigenvalue weighted by Gasteiger charge is 2.24. The summed E-state index contributed by atoms with van der Waals surface area (Å²) in [6, 6.07) is 11.7. The molecule has 0 spiro atoms. The summed E-state index contributed by atoms with van der Waals surface area (Å²) in [7, 11) is -2.17. The van der Waals surface area contributed by atoms with Crippen molar-refractivity contribution in [1.29, 1.82) is 0 Å². The molecule has 1 amide bonds. The number of ether oxygens (including phenoxy) is 2. The number of carboxylic acid groups (broad SMARTS) is 1. The molecule has 0 unspecified atom stereocenters. The van der Waals surface area contributed by atoms with Gasteiger partial charge in [-0.25, -0.2) is 13.2 Å². The van der Waals surface area contributed by atoms with Crippen LogP contribution < -0.4 is 15.4 Å². The second-order valence-corrected chi connectivity index (χ2v) is 10.5. The van der Waals surface area contributed by atoms with Crippen LogP contribution in [0.25, 0.3) is 0 Å². The van der Waals surface area contributed by atoms with E-state index in [1.165, 1.54) is 30.2 Å². The van der Waals surface area contributed by atoms with Crippen molar-refractivity contribution in [3.63, 3.8) is 0 Å². The van der Waals surface area contributed by atoms with Gasteiger partial charge in [0.25, 0.3) is 0 Å². The van der Waals surface area contributed by atoms with E-state index < -0.39 is 15.9 Å². The lowest BCUT2D eigenvalue weighted by Crippen LogP contribution is -2.33. The third-order valence-corrected chi connectivity index (χ3v) is 7.42. The maximum atomic E-state index is 12.4. The van der Waals surface area contributed by atoms with Crippen molar-refractivity contribution in [1.82, 2.24) is 15.5 Å². The molecule has 37 heavy (non-hydrogen) atoms. The summed E-state index contributed by atoms with van der Waals surface area (Å²) in [5.74, 6) is 0.437. The zero-order valence-electron chi connectivity index (χ0n) is 20.3. The average molecular weight is 553 g/mol. The lowest BCUT2D eigenvalue weighted by Gasteiger charge is -2.14. The van der Waals surface area contributed by atoms with E-state index in [2.05, 4.69) is 15.6 Å². The SMILES string of the molecule is COc1ccc(S(=O)(=O)CNCCOCC(=O)CNCc2ccc(C3=NCCN3C(=O)O)cc2)c(Cl)c1. The highest BCUT2D eigenvalue weighted by atomic mass is 35.5. The van der Waals surface area contributed by atoms with E-state index in [0.29, 0.717) is 31.2 Å². The molecule has 1 heterocycles. The normalized spacial score (nSPS) is 13.5. The van der Waals surface area contributed by atoms with Gasteiger partial charge in [-0.1, -0.05) is 35.9 Å². The standard InChI is InChI=1S/C24H29ClN4O7S/c1-35-20-6-7-22(21(25)12-20)37(33,34)16-26-9-11-36-15-19(30)14-27-13-17-2-4-18(5-3-17)23-28-8-10-29(23)24(31)32/h2-7,12,26-27H,8-11,13-16H2,1H3,(H,31,32). The van der Waals surface area contributed by atoms with E-state index >= 15 is 0 Å². The minimum Gasteiger partial charge on any atom is -0.497 e. The Hall–Kier alpha value is -3.03. The Morgan fingerprint density at radius 3 is 2.59 bits per heavy atom. The number of carbonyl (C=O) groups is 2. The number of halogens is 1. The van der Waals surface area contributed by atoms with Crippen molar-refractivity contribution in [2.45, 2.75) is 11.4 Å². The number of amides is 1. The van der Waals surface area contributed by atoms with Crippen molar-refractivity contribution in [3.8, 4) is 5.75 Å². The monoisotopic (exact) mass is 552 g/mol. The predicted molar refractivity (Wildman–Crippen MR) is 138 cm³/mol. The molecule has 0 radical (unpaired) electrons. The molecule has 13 heteroatoms. The fourth-order valence-electron chi connectivity index (χ4n) is 3.52. The Bertz CT molecular complexity index is 1240. The zero-order chi connectivity index (χ0) is 26.8. The maximum absolute atomic E-state index is 12.4. The number of aliphatic imine (C=N–C) groups is 1. The van der Waals surface area contributed by atoms with Gasteiger partial charge in [-0.15, -0.1) is 0 Å². The van der Waals surface area contributed by atoms with Crippen LogP contribution in [0.4, 0.5) is 4.79 Å². The Labute approximate surface area is 220 Å². The lowest BCUT2D eigenvalue weighted by molar-refractivity contribution is -0.122. The van der Waals surface area contributed by atoms with Crippen molar-refractivity contribution in [3.05, 3.63) is 58.6 Å². The molecular weight excluding hydrogens is 524 g/mol. The molecule has 2 aromatic rings. The summed E-state index contributed by atoms with van der Waals surface area (Å²) in [6.45, 7) is 1.67. The molecule has 2 aromatic carbocycles. The summed E-state index contributed by atoms with van der Waals surface area (Å²) >= 11 is 6.04. The smallest absolute Gasteiger partial charge is 0.413 e. The zero-order valence-corrected chi connectivity index (χ0v) is 21.8. The summed E-state index contributed by atoms with van der Waals surface area (Å²) in [6.07, 6.45) is -1.03. The molecule has 0 aliphatic carbocycles. The van der Waals surface area contributed by atoms with Gasteiger partial charge in [0.15, 0.2) is 15.6 Å². The van der Waals surface area contributed by atoms with Gasteiger partial charge in [0.2, 0.25) is 0 Å². The minimum absolute atomic E-state index is 0.00815. The number of sulfone groups is 1. The number of hydrogen-bond donors (Lipinski definition) is 3. The van der Waals surface area contributed by atoms with Gasteiger partial charge >= 0.3 is 6.09 Å². The molecule has 3 N–H and O–H groups in total. The first kappa shape index (κ1) is 28.5. The summed E-state index contributed by atoms with van der Waals surface area (Å²) in [5, 5.41) is 15.1. The van der Waals surface area contributed by atoms with Crippen molar-refractivity contribution < 1.29 is 32.6 Å². The van der Waals surface area contributed by atoms with Crippen LogP contribution in [-0.4, -0.2) is 88.5 Å². The summed E-state index contributed by atoms with van der Waals surface area (Å²) in [5.41, 5.74) is 1.65. The summed E-state index contributed by atoms with van der Waals surface area (Å²) < 4.78 is 35.2. The number of rotatable bonds is 14. The quantitative estimate of drug-likeness (QED) is 0.298. The lowest BCUT2D eigenvalue weighted by atomic mass is 10.1. The molecule has 0 saturated heterocycles. The Kier molecular flexibility index (Phi) is 10.4. The van der Waals surface area contributed by atoms with E-state index in [4.69, 9.17) is 21.1 Å². The molecule has 0 atom stereocenters. The van der Waals surface area contributed by atoms with Gasteiger partial charge in [-0.2, -0.15) is 0 Å². The van der Waals surface area contributed by atoms with Gasteiger partial charge in [0, 0.05) is 24.7 Å². The molecular formula is C24H29ClN4O7S. The summed E-state index contributed by atoms with van der Waals surface area (Å²) in [4.78, 5) is 28.8. The van der Waals surface area contributed by atoms with Crippen molar-refractivity contribution in [2.24, 2.45) is 4.99 Å². The van der Waals surface area contributed by atoms with E-state index in [9.17, 15) is 23.1 Å². The fraction of sp³-hybridized carbons (Fsp3) is 0.375. The molecule has 1 aliphatic rings. The maximum Gasteiger partial charge on any atom is 0.413 e. The third kappa shape index (κ3) is 8.23. The van der Waals surface area contributed by atoms with E-state index in [-0.39, 0.29) is 47.9 Å². The van der Waals surface area contributed by atoms with Crippen LogP contribution in [0.5, 0.6) is 5.75 Å². The molecule has 0 aromatic heterocycles. The second kappa shape index (κ2) is 13.5. The largest absolute Gasteiger partial charge is 0.497 e. The van der Waals surface area contributed by atoms with Crippen LogP contribution in [-0.2, 0) is 25.9 Å². The van der Waals surface area contributed by atoms with Crippen LogP contribution in [0.1, 0.15) is 11.1 Å². The van der Waals surface area contributed by atoms with Crippen LogP contribution in [0, 0.1) is 0 Å². The van der Waals surface area contributed by atoms with E-state index in [1.807, 2.05) is 12.1 Å². The van der Waals surface area contributed by atoms with Gasteiger partial charge < -0.3 is 25.2 Å². The number of ketones is 1. The number of benzene rings is 2. The first-order chi connectivity index (χ1) is 17.7. The molecule has 3 rings (SSSR count). The number of nitrogens with one attached hydrogen (secondary N) is 2. The van der Waals surface area contributed by atoms with Crippen LogP contribution in [0.2, 0.25) is 5.02 Å². The number of Topliss-reactive ketones (excluding diaryl/α,β-unsaturated/α-hetero) is 1. The fourth-order valence-corrected chi connectivity index (χ4v) is 5.25. The molecule has 0 saturated carbocycles. The Morgan fingerprint density at radius 2 is 1.92 bits per heavy atom. The van der Waals surface area contributed by atoms with Crippen LogP contribution in [0.3, 0.4) is 0 Å². The van der Waals surface area contributed by atoms with Gasteiger partial charge in [-0.3, -0.25) is 14.7 Å². The predicted octanol–water partition coefficient (Wildman–Crippen LogP) is 1.79. The first-order valence-corrected chi connectivity index (χ1v) is 13.5. The van der Waals surface area contributed by atoms with Crippen LogP contribution >= 0.6 is 11.6 Å². The molecule has 0 bridgehead atoms. The Morgan fingerprint density at radius 1 is 1.16 bits per heavy atom. The Balaban J connectivity index is 1.30. The highest BCUT2D eigenvalue weighted by molar-refractivity contribution is 7.91. The van der Waals surface area contributed by atoms with Gasteiger partial charge in [0.1, 0.15) is 24.1 Å². The molecule has 0 fully saturated rings. The number of nitrogens with zero attached hydrogens (tertiary/aromatic N) is 2. The van der Waals surface area contributed by atoms with Crippen LogP contribution in [0.15, 0.2) is 52.4 Å². The highest BCUT2D eigenvalue weighted by Crippen LogP contribution is 2.26. The second-order valence-electron chi connectivity index (χ2n) is 8.09. The van der Waals surface area contributed by atoms with E-state index in [0.717, 1.165) is 11.1 Å². The number of amidine groups is 1. The van der Waals surface area contributed by atoms with Crippen molar-refractivity contribution in [2.75, 3.05) is 52.4 Å². The van der Waals surface area contributed by atoms with E-state index in [1.54, 1.807) is 12.1 Å². The van der Waals surface area contributed by atoms with Crippen molar-refractivity contribution >= 4 is 39.2 Å². The van der Waals surface area contributed by atoms with Gasteiger partial charge in [0.05, 0.1) is 43.3 Å². The molecule has 200 valence electrons. The minimum atomic E-state index is -3.64. The number of methoxy groups -OCH3 is 1. The number of carbonyl (C=O) groups excluding carboxylic acids is 1. The topological polar surface area (TPSA) is 147 Å².